The molecule has 0 aromatic carbocycles. The van der Waals surface area contributed by atoms with Gasteiger partial charge < -0.3 is 15.2 Å². The van der Waals surface area contributed by atoms with Crippen molar-refractivity contribution in [2.75, 3.05) is 6.54 Å². The minimum absolute atomic E-state index is 0. The van der Waals surface area contributed by atoms with E-state index in [1.807, 2.05) is 17.7 Å². The highest BCUT2D eigenvalue weighted by atomic mass is 35.5. The minimum atomic E-state index is 0. The van der Waals surface area contributed by atoms with Gasteiger partial charge in [-0.25, -0.2) is 4.98 Å². The minimum Gasteiger partial charge on any atom is -0.350 e. The highest BCUT2D eigenvalue weighted by molar-refractivity contribution is 5.85. The number of hydrogen-bond acceptors (Lipinski definition) is 3. The Morgan fingerprint density at radius 1 is 1.61 bits per heavy atom. The molecule has 5 nitrogen and oxygen atoms in total. The maximum Gasteiger partial charge on any atom is 0.237 e. The largest absolute Gasteiger partial charge is 0.350 e. The van der Waals surface area contributed by atoms with Gasteiger partial charge in [-0.3, -0.25) is 4.79 Å². The van der Waals surface area contributed by atoms with Crippen LogP contribution < -0.4 is 10.6 Å². The molecule has 0 bridgehead atoms. The molecule has 1 fully saturated rings. The monoisotopic (exact) mass is 294 g/mol. The molecule has 0 aliphatic carbocycles. The highest BCUT2D eigenvalue weighted by Gasteiger charge is 2.22. The first-order valence-corrected chi connectivity index (χ1v) is 5.75. The van der Waals surface area contributed by atoms with E-state index in [1.54, 1.807) is 12.5 Å². The summed E-state index contributed by atoms with van der Waals surface area (Å²) in [6, 6.07) is 0.134. The average molecular weight is 295 g/mol. The van der Waals surface area contributed by atoms with Crippen molar-refractivity contribution in [2.45, 2.75) is 38.4 Å². The van der Waals surface area contributed by atoms with E-state index >= 15 is 0 Å². The Balaban J connectivity index is 0.00000144. The molecule has 1 aliphatic rings. The summed E-state index contributed by atoms with van der Waals surface area (Å²) in [5, 5.41) is 6.20. The van der Waals surface area contributed by atoms with E-state index in [4.69, 9.17) is 0 Å². The molecule has 1 aliphatic heterocycles. The van der Waals surface area contributed by atoms with E-state index in [9.17, 15) is 4.79 Å². The number of carbonyl (C=O) groups is 1. The summed E-state index contributed by atoms with van der Waals surface area (Å²) < 4.78 is 1.97. The second-order valence-electron chi connectivity index (χ2n) is 4.32. The molecule has 1 saturated heterocycles. The lowest BCUT2D eigenvalue weighted by Gasteiger charge is -2.17. The molecule has 1 amide bonds. The number of halogens is 2. The zero-order valence-electron chi connectivity index (χ0n) is 10.3. The average Bonchev–Trinajstić information content (AvgIpc) is 2.88. The number of nitrogens with one attached hydrogen (secondary N) is 2. The quantitative estimate of drug-likeness (QED) is 0.870. The fraction of sp³-hybridized carbons (Fsp3) is 0.636. The summed E-state index contributed by atoms with van der Waals surface area (Å²) >= 11 is 0. The Morgan fingerprint density at radius 3 is 2.94 bits per heavy atom. The lowest BCUT2D eigenvalue weighted by atomic mass is 10.2. The molecule has 1 aromatic heterocycles. The molecule has 2 N–H and O–H groups in total. The molecule has 0 spiro atoms. The van der Waals surface area contributed by atoms with Crippen molar-refractivity contribution in [1.82, 2.24) is 20.2 Å². The number of hydrogen-bond donors (Lipinski definition) is 2. The number of rotatable bonds is 4. The zero-order chi connectivity index (χ0) is 11.4. The highest BCUT2D eigenvalue weighted by Crippen LogP contribution is 2.05. The smallest absolute Gasteiger partial charge is 0.237 e. The second-order valence-corrected chi connectivity index (χ2v) is 4.32. The number of carbonyl (C=O) groups excluding carboxylic acids is 1. The normalized spacial score (nSPS) is 19.5. The summed E-state index contributed by atoms with van der Waals surface area (Å²) in [7, 11) is 0. The van der Waals surface area contributed by atoms with Crippen molar-refractivity contribution >= 4 is 30.7 Å². The second kappa shape index (κ2) is 8.34. The van der Waals surface area contributed by atoms with Gasteiger partial charge in [-0.2, -0.15) is 0 Å². The SMILES string of the molecule is CC(Cn1ccnc1)NC(=O)C1CCCN1.Cl.Cl. The lowest BCUT2D eigenvalue weighted by molar-refractivity contribution is -0.123. The summed E-state index contributed by atoms with van der Waals surface area (Å²) in [5.74, 6) is 0.116. The first-order chi connectivity index (χ1) is 7.75. The molecule has 2 unspecified atom stereocenters. The van der Waals surface area contributed by atoms with Crippen molar-refractivity contribution in [2.24, 2.45) is 0 Å². The van der Waals surface area contributed by atoms with E-state index in [1.165, 1.54) is 0 Å². The molecular formula is C11H20Cl2N4O. The first kappa shape index (κ1) is 17.2. The predicted molar refractivity (Wildman–Crippen MR) is 75.4 cm³/mol. The molecule has 0 saturated carbocycles. The number of amides is 1. The number of aromatic nitrogens is 2. The Morgan fingerprint density at radius 2 is 2.39 bits per heavy atom. The van der Waals surface area contributed by atoms with E-state index < -0.39 is 0 Å². The van der Waals surface area contributed by atoms with Crippen LogP contribution in [0.2, 0.25) is 0 Å². The van der Waals surface area contributed by atoms with Crippen molar-refractivity contribution in [3.63, 3.8) is 0 Å². The van der Waals surface area contributed by atoms with Crippen LogP contribution in [0.15, 0.2) is 18.7 Å². The van der Waals surface area contributed by atoms with E-state index in [0.29, 0.717) is 0 Å². The van der Waals surface area contributed by atoms with Gasteiger partial charge in [0.05, 0.1) is 12.4 Å². The summed E-state index contributed by atoms with van der Waals surface area (Å²) in [6.45, 7) is 3.72. The standard InChI is InChI=1S/C11H18N4O.2ClH/c1-9(7-15-6-5-12-8-15)14-11(16)10-3-2-4-13-10;;/h5-6,8-10,13H,2-4,7H2,1H3,(H,14,16);2*1H. The third kappa shape index (κ3) is 4.84. The van der Waals surface area contributed by atoms with Crippen LogP contribution in [0.3, 0.4) is 0 Å². The van der Waals surface area contributed by atoms with Gasteiger partial charge in [0.2, 0.25) is 5.91 Å². The topological polar surface area (TPSA) is 59.0 Å². The van der Waals surface area contributed by atoms with Crippen LogP contribution in [0.4, 0.5) is 0 Å². The fourth-order valence-corrected chi connectivity index (χ4v) is 2.01. The van der Waals surface area contributed by atoms with Gasteiger partial charge in [-0.15, -0.1) is 24.8 Å². The predicted octanol–water partition coefficient (Wildman–Crippen LogP) is 0.983. The van der Waals surface area contributed by atoms with Crippen LogP contribution in [-0.4, -0.2) is 34.1 Å². The third-order valence-electron chi connectivity index (χ3n) is 2.81. The number of imidazole rings is 1. The summed E-state index contributed by atoms with van der Waals surface area (Å²) in [6.07, 6.45) is 7.44. The van der Waals surface area contributed by atoms with Crippen LogP contribution in [0, 0.1) is 0 Å². The molecular weight excluding hydrogens is 275 g/mol. The molecule has 18 heavy (non-hydrogen) atoms. The molecule has 2 rings (SSSR count). The van der Waals surface area contributed by atoms with Crippen molar-refractivity contribution < 1.29 is 4.79 Å². The Kier molecular flexibility index (Phi) is 7.98. The molecule has 1 aromatic rings. The van der Waals surface area contributed by atoms with Crippen molar-refractivity contribution in [1.29, 1.82) is 0 Å². The van der Waals surface area contributed by atoms with Crippen LogP contribution in [-0.2, 0) is 11.3 Å². The van der Waals surface area contributed by atoms with Gasteiger partial charge in [0.25, 0.3) is 0 Å². The van der Waals surface area contributed by atoms with Crippen LogP contribution in [0.1, 0.15) is 19.8 Å². The first-order valence-electron chi connectivity index (χ1n) is 5.75. The maximum atomic E-state index is 11.8. The Labute approximate surface area is 120 Å². The van der Waals surface area contributed by atoms with Gasteiger partial charge in [0.15, 0.2) is 0 Å². The van der Waals surface area contributed by atoms with Gasteiger partial charge in [0.1, 0.15) is 0 Å². The van der Waals surface area contributed by atoms with Crippen molar-refractivity contribution in [3.05, 3.63) is 18.7 Å². The Hall–Kier alpha value is -0.780. The van der Waals surface area contributed by atoms with Gasteiger partial charge >= 0.3 is 0 Å². The Bertz CT molecular complexity index is 339. The molecule has 104 valence electrons. The zero-order valence-corrected chi connectivity index (χ0v) is 12.0. The van der Waals surface area contributed by atoms with E-state index in [2.05, 4.69) is 15.6 Å². The summed E-state index contributed by atoms with van der Waals surface area (Å²) in [5.41, 5.74) is 0. The van der Waals surface area contributed by atoms with E-state index in [-0.39, 0.29) is 42.8 Å². The molecule has 2 atom stereocenters. The van der Waals surface area contributed by atoms with Crippen molar-refractivity contribution in [3.8, 4) is 0 Å². The van der Waals surface area contributed by atoms with Gasteiger partial charge in [-0.05, 0) is 26.3 Å². The fourth-order valence-electron chi connectivity index (χ4n) is 2.01. The summed E-state index contributed by atoms with van der Waals surface area (Å²) in [4.78, 5) is 15.8. The van der Waals surface area contributed by atoms with Gasteiger partial charge in [-0.1, -0.05) is 0 Å². The van der Waals surface area contributed by atoms with Crippen LogP contribution in [0.5, 0.6) is 0 Å². The lowest BCUT2D eigenvalue weighted by Crippen LogP contribution is -2.45. The molecule has 2 heterocycles. The van der Waals surface area contributed by atoms with Crippen LogP contribution >= 0.6 is 24.8 Å². The number of nitrogens with zero attached hydrogens (tertiary/aromatic N) is 2. The molecule has 7 heteroatoms. The maximum absolute atomic E-state index is 11.8. The third-order valence-corrected chi connectivity index (χ3v) is 2.81. The van der Waals surface area contributed by atoms with E-state index in [0.717, 1.165) is 25.9 Å². The van der Waals surface area contributed by atoms with Crippen LogP contribution in [0.25, 0.3) is 0 Å². The van der Waals surface area contributed by atoms with Gasteiger partial charge in [0, 0.05) is 25.0 Å². The molecule has 0 radical (unpaired) electrons.